The van der Waals surface area contributed by atoms with Crippen LogP contribution < -0.4 is 0 Å². The van der Waals surface area contributed by atoms with E-state index < -0.39 is 5.97 Å². The fourth-order valence-corrected chi connectivity index (χ4v) is 2.51. The summed E-state index contributed by atoms with van der Waals surface area (Å²) in [5, 5.41) is 8.86. The molecule has 2 atom stereocenters. The van der Waals surface area contributed by atoms with Gasteiger partial charge in [0.15, 0.2) is 0 Å². The van der Waals surface area contributed by atoms with Crippen LogP contribution in [-0.4, -0.2) is 47.2 Å². The van der Waals surface area contributed by atoms with Gasteiger partial charge in [0.25, 0.3) is 0 Å². The van der Waals surface area contributed by atoms with Crippen molar-refractivity contribution in [1.29, 1.82) is 0 Å². The molecule has 1 saturated heterocycles. The zero-order valence-electron chi connectivity index (χ0n) is 13.0. The minimum Gasteiger partial charge on any atom is -0.481 e. The standard InChI is InChI=1S/C15H27NO4/c1-11(8-14(18)19)12-6-5-7-16(9-12)13(17)10-20-15(2,3)4/h11-12H,5-10H2,1-4H3,(H,18,19). The van der Waals surface area contributed by atoms with Crippen LogP contribution in [0.1, 0.15) is 47.0 Å². The summed E-state index contributed by atoms with van der Waals surface area (Å²) in [6, 6.07) is 0. The first kappa shape index (κ1) is 17.0. The molecule has 2 unspecified atom stereocenters. The van der Waals surface area contributed by atoms with Crippen LogP contribution in [0.25, 0.3) is 0 Å². The van der Waals surface area contributed by atoms with Crippen molar-refractivity contribution in [3.8, 4) is 0 Å². The second-order valence-corrected chi connectivity index (χ2v) is 6.72. The van der Waals surface area contributed by atoms with E-state index in [0.717, 1.165) is 19.4 Å². The first-order valence-corrected chi connectivity index (χ1v) is 7.32. The van der Waals surface area contributed by atoms with Gasteiger partial charge >= 0.3 is 5.97 Å². The maximum absolute atomic E-state index is 12.1. The van der Waals surface area contributed by atoms with Gasteiger partial charge in [-0.15, -0.1) is 0 Å². The van der Waals surface area contributed by atoms with Gasteiger partial charge in [-0.3, -0.25) is 9.59 Å². The Labute approximate surface area is 121 Å². The van der Waals surface area contributed by atoms with Crippen molar-refractivity contribution < 1.29 is 19.4 Å². The van der Waals surface area contributed by atoms with Crippen LogP contribution in [0.5, 0.6) is 0 Å². The van der Waals surface area contributed by atoms with Gasteiger partial charge in [0, 0.05) is 19.5 Å². The lowest BCUT2D eigenvalue weighted by Gasteiger charge is -2.36. The molecule has 0 bridgehead atoms. The summed E-state index contributed by atoms with van der Waals surface area (Å²) in [7, 11) is 0. The Morgan fingerprint density at radius 1 is 1.40 bits per heavy atom. The van der Waals surface area contributed by atoms with Gasteiger partial charge in [0.2, 0.25) is 5.91 Å². The van der Waals surface area contributed by atoms with Crippen LogP contribution in [0.3, 0.4) is 0 Å². The maximum atomic E-state index is 12.1. The Morgan fingerprint density at radius 2 is 2.05 bits per heavy atom. The maximum Gasteiger partial charge on any atom is 0.303 e. The monoisotopic (exact) mass is 285 g/mol. The minimum atomic E-state index is -0.767. The van der Waals surface area contributed by atoms with Crippen LogP contribution in [0.4, 0.5) is 0 Å². The molecule has 1 N–H and O–H groups in total. The largest absolute Gasteiger partial charge is 0.481 e. The smallest absolute Gasteiger partial charge is 0.303 e. The molecule has 0 aromatic rings. The quantitative estimate of drug-likeness (QED) is 0.840. The van der Waals surface area contributed by atoms with Gasteiger partial charge in [-0.1, -0.05) is 6.92 Å². The Bertz CT molecular complexity index is 348. The van der Waals surface area contributed by atoms with Gasteiger partial charge in [0.05, 0.1) is 5.60 Å². The third-order valence-electron chi connectivity index (χ3n) is 3.74. The average molecular weight is 285 g/mol. The topological polar surface area (TPSA) is 66.8 Å². The van der Waals surface area contributed by atoms with Crippen molar-refractivity contribution in [1.82, 2.24) is 4.90 Å². The Morgan fingerprint density at radius 3 is 2.60 bits per heavy atom. The number of carboxylic acids is 1. The molecule has 1 fully saturated rings. The SMILES string of the molecule is CC(CC(=O)O)C1CCCN(C(=O)COC(C)(C)C)C1. The van der Waals surface area contributed by atoms with Gasteiger partial charge in [-0.05, 0) is 45.4 Å². The number of piperidine rings is 1. The van der Waals surface area contributed by atoms with E-state index in [4.69, 9.17) is 9.84 Å². The molecule has 1 aliphatic heterocycles. The van der Waals surface area contributed by atoms with Gasteiger partial charge < -0.3 is 14.7 Å². The van der Waals surface area contributed by atoms with E-state index in [0.29, 0.717) is 6.54 Å². The molecule has 0 spiro atoms. The molecule has 1 amide bonds. The lowest BCUT2D eigenvalue weighted by Crippen LogP contribution is -2.44. The Kier molecular flexibility index (Phi) is 5.99. The van der Waals surface area contributed by atoms with Crippen molar-refractivity contribution in [2.45, 2.75) is 52.6 Å². The number of aliphatic carboxylic acids is 1. The highest BCUT2D eigenvalue weighted by atomic mass is 16.5. The Hall–Kier alpha value is -1.10. The molecule has 0 aliphatic carbocycles. The molecule has 1 heterocycles. The summed E-state index contributed by atoms with van der Waals surface area (Å²) in [6.07, 6.45) is 2.11. The Balaban J connectivity index is 2.47. The third kappa shape index (κ3) is 5.90. The molecule has 116 valence electrons. The summed E-state index contributed by atoms with van der Waals surface area (Å²) in [5.41, 5.74) is -0.318. The normalized spacial score (nSPS) is 21.6. The lowest BCUT2D eigenvalue weighted by atomic mass is 9.84. The molecular formula is C15H27NO4. The predicted molar refractivity (Wildman–Crippen MR) is 76.4 cm³/mol. The third-order valence-corrected chi connectivity index (χ3v) is 3.74. The predicted octanol–water partition coefficient (Wildman–Crippen LogP) is 2.15. The fraction of sp³-hybridized carbons (Fsp3) is 0.867. The highest BCUT2D eigenvalue weighted by molar-refractivity contribution is 5.77. The summed E-state index contributed by atoms with van der Waals surface area (Å²) in [4.78, 5) is 24.7. The highest BCUT2D eigenvalue weighted by Gasteiger charge is 2.28. The molecule has 0 radical (unpaired) electrons. The number of ether oxygens (including phenoxy) is 1. The molecular weight excluding hydrogens is 258 g/mol. The van der Waals surface area contributed by atoms with Gasteiger partial charge in [-0.2, -0.15) is 0 Å². The highest BCUT2D eigenvalue weighted by Crippen LogP contribution is 2.26. The first-order chi connectivity index (χ1) is 9.19. The van der Waals surface area contributed by atoms with E-state index in [1.165, 1.54) is 0 Å². The van der Waals surface area contributed by atoms with E-state index in [2.05, 4.69) is 0 Å². The number of carboxylic acid groups (broad SMARTS) is 1. The zero-order chi connectivity index (χ0) is 15.3. The molecule has 20 heavy (non-hydrogen) atoms. The molecule has 5 nitrogen and oxygen atoms in total. The summed E-state index contributed by atoms with van der Waals surface area (Å²) in [5.74, 6) is -0.380. The van der Waals surface area contributed by atoms with Crippen molar-refractivity contribution >= 4 is 11.9 Å². The van der Waals surface area contributed by atoms with Crippen molar-refractivity contribution in [2.24, 2.45) is 11.8 Å². The molecule has 5 heteroatoms. The number of nitrogens with zero attached hydrogens (tertiary/aromatic N) is 1. The number of amides is 1. The molecule has 0 saturated carbocycles. The minimum absolute atomic E-state index is 0.00662. The van der Waals surface area contributed by atoms with Crippen molar-refractivity contribution in [2.75, 3.05) is 19.7 Å². The number of rotatable bonds is 5. The molecule has 0 aromatic heterocycles. The zero-order valence-corrected chi connectivity index (χ0v) is 13.0. The number of carbonyl (C=O) groups excluding carboxylic acids is 1. The van der Waals surface area contributed by atoms with Gasteiger partial charge in [-0.25, -0.2) is 0 Å². The van der Waals surface area contributed by atoms with E-state index >= 15 is 0 Å². The molecule has 1 rings (SSSR count). The van der Waals surface area contributed by atoms with Crippen molar-refractivity contribution in [3.63, 3.8) is 0 Å². The average Bonchev–Trinajstić information content (AvgIpc) is 2.34. The fourth-order valence-electron chi connectivity index (χ4n) is 2.51. The van der Waals surface area contributed by atoms with E-state index in [9.17, 15) is 9.59 Å². The van der Waals surface area contributed by atoms with Crippen LogP contribution in [-0.2, 0) is 14.3 Å². The van der Waals surface area contributed by atoms with Crippen LogP contribution in [0.2, 0.25) is 0 Å². The number of hydrogen-bond acceptors (Lipinski definition) is 3. The van der Waals surface area contributed by atoms with Gasteiger partial charge in [0.1, 0.15) is 6.61 Å². The lowest BCUT2D eigenvalue weighted by molar-refractivity contribution is -0.143. The number of hydrogen-bond donors (Lipinski definition) is 1. The van der Waals surface area contributed by atoms with E-state index in [1.807, 2.05) is 32.6 Å². The molecule has 0 aromatic carbocycles. The summed E-state index contributed by atoms with van der Waals surface area (Å²) < 4.78 is 5.52. The summed E-state index contributed by atoms with van der Waals surface area (Å²) in [6.45, 7) is 9.24. The van der Waals surface area contributed by atoms with Crippen LogP contribution >= 0.6 is 0 Å². The molecule has 1 aliphatic rings. The first-order valence-electron chi connectivity index (χ1n) is 7.32. The van der Waals surface area contributed by atoms with E-state index in [1.54, 1.807) is 0 Å². The second-order valence-electron chi connectivity index (χ2n) is 6.72. The van der Waals surface area contributed by atoms with Crippen molar-refractivity contribution in [3.05, 3.63) is 0 Å². The number of carbonyl (C=O) groups is 2. The van der Waals surface area contributed by atoms with Crippen LogP contribution in [0, 0.1) is 11.8 Å². The number of likely N-dealkylation sites (tertiary alicyclic amines) is 1. The van der Waals surface area contributed by atoms with Crippen LogP contribution in [0.15, 0.2) is 0 Å². The second kappa shape index (κ2) is 7.07. The summed E-state index contributed by atoms with van der Waals surface area (Å²) >= 11 is 0. The van der Waals surface area contributed by atoms with E-state index in [-0.39, 0.29) is 36.4 Å².